The molecule has 20 heavy (non-hydrogen) atoms. The Kier molecular flexibility index (Phi) is 6.33. The van der Waals surface area contributed by atoms with Gasteiger partial charge < -0.3 is 10.6 Å². The quantitative estimate of drug-likeness (QED) is 0.495. The summed E-state index contributed by atoms with van der Waals surface area (Å²) in [5, 5.41) is 16.1. The molecule has 0 aliphatic rings. The molecule has 0 bridgehead atoms. The zero-order chi connectivity index (χ0) is 15.1. The first-order valence-corrected chi connectivity index (χ1v) is 6.77. The fourth-order valence-corrected chi connectivity index (χ4v) is 1.84. The van der Waals surface area contributed by atoms with Crippen molar-refractivity contribution in [3.63, 3.8) is 0 Å². The normalized spacial score (nSPS) is 9.90. The number of nitrogens with zero attached hydrogens (tertiary/aromatic N) is 1. The smallest absolute Gasteiger partial charge is 0.271 e. The van der Waals surface area contributed by atoms with E-state index in [0.717, 1.165) is 12.8 Å². The Labute approximate surface area is 126 Å². The number of anilines is 1. The van der Waals surface area contributed by atoms with Crippen LogP contribution >= 0.6 is 23.8 Å². The highest BCUT2D eigenvalue weighted by Crippen LogP contribution is 2.26. The molecule has 0 fully saturated rings. The number of thiocarbonyl (C=S) groups is 1. The maximum atomic E-state index is 11.5. The number of amides is 1. The third kappa shape index (κ3) is 5.10. The van der Waals surface area contributed by atoms with Crippen LogP contribution in [-0.4, -0.2) is 15.9 Å². The third-order valence-corrected chi connectivity index (χ3v) is 2.94. The summed E-state index contributed by atoms with van der Waals surface area (Å²) in [5.41, 5.74) is 0.288. The van der Waals surface area contributed by atoms with Gasteiger partial charge >= 0.3 is 0 Å². The van der Waals surface area contributed by atoms with Crippen molar-refractivity contribution in [2.24, 2.45) is 0 Å². The van der Waals surface area contributed by atoms with E-state index in [0.29, 0.717) is 12.1 Å². The third-order valence-electron chi connectivity index (χ3n) is 2.42. The number of unbranched alkanes of at least 4 members (excludes halogenated alkanes) is 1. The van der Waals surface area contributed by atoms with Crippen LogP contribution in [0.4, 0.5) is 11.4 Å². The molecule has 0 unspecified atom stereocenters. The van der Waals surface area contributed by atoms with Crippen LogP contribution in [0.3, 0.4) is 0 Å². The minimum Gasteiger partial charge on any atom is -0.331 e. The van der Waals surface area contributed by atoms with Crippen LogP contribution in [0, 0.1) is 10.1 Å². The maximum absolute atomic E-state index is 11.5. The minimum atomic E-state index is -0.541. The van der Waals surface area contributed by atoms with Gasteiger partial charge in [0.2, 0.25) is 5.91 Å². The summed E-state index contributed by atoms with van der Waals surface area (Å²) in [6.07, 6.45) is 2.10. The molecule has 1 aromatic rings. The Hall–Kier alpha value is -1.73. The highest BCUT2D eigenvalue weighted by Gasteiger charge is 2.11. The second kappa shape index (κ2) is 7.76. The van der Waals surface area contributed by atoms with Gasteiger partial charge in [0.25, 0.3) is 5.69 Å². The number of non-ortho nitro benzene ring substituents is 1. The second-order valence-electron chi connectivity index (χ2n) is 4.03. The molecule has 8 heteroatoms. The molecule has 0 saturated heterocycles. The Bertz CT molecular complexity index is 537. The molecule has 0 spiro atoms. The van der Waals surface area contributed by atoms with Gasteiger partial charge in [-0.15, -0.1) is 0 Å². The first kappa shape index (κ1) is 16.3. The number of rotatable bonds is 5. The van der Waals surface area contributed by atoms with Crippen LogP contribution in [0.15, 0.2) is 18.2 Å². The Morgan fingerprint density at radius 2 is 2.20 bits per heavy atom. The van der Waals surface area contributed by atoms with Gasteiger partial charge in [0.1, 0.15) is 0 Å². The van der Waals surface area contributed by atoms with Crippen molar-refractivity contribution in [3.8, 4) is 0 Å². The molecule has 1 amide bonds. The van der Waals surface area contributed by atoms with E-state index in [4.69, 9.17) is 23.8 Å². The molecule has 0 saturated carbocycles. The van der Waals surface area contributed by atoms with E-state index in [-0.39, 0.29) is 21.7 Å². The monoisotopic (exact) mass is 315 g/mol. The number of nitro benzene ring substituents is 1. The highest BCUT2D eigenvalue weighted by atomic mass is 35.5. The average Bonchev–Trinajstić information content (AvgIpc) is 2.38. The zero-order valence-electron chi connectivity index (χ0n) is 10.8. The number of benzene rings is 1. The summed E-state index contributed by atoms with van der Waals surface area (Å²) in [6, 6.07) is 3.95. The van der Waals surface area contributed by atoms with Crippen LogP contribution in [-0.2, 0) is 4.79 Å². The van der Waals surface area contributed by atoms with Crippen LogP contribution in [0.2, 0.25) is 5.02 Å². The molecule has 6 nitrogen and oxygen atoms in total. The number of nitro groups is 1. The molecule has 0 heterocycles. The fourth-order valence-electron chi connectivity index (χ4n) is 1.40. The predicted molar refractivity (Wildman–Crippen MR) is 82.0 cm³/mol. The number of nitrogens with one attached hydrogen (secondary N) is 2. The first-order valence-electron chi connectivity index (χ1n) is 5.98. The standard InChI is InChI=1S/C12H14ClN3O3S/c1-2-3-4-11(17)15-12(20)14-10-6-5-8(16(18)19)7-9(10)13/h5-7H,2-4H2,1H3,(H2,14,15,17,20). The lowest BCUT2D eigenvalue weighted by Gasteiger charge is -2.10. The van der Waals surface area contributed by atoms with Crippen molar-refractivity contribution in [3.05, 3.63) is 33.3 Å². The summed E-state index contributed by atoms with van der Waals surface area (Å²) >= 11 is 10.9. The predicted octanol–water partition coefficient (Wildman–Crippen LogP) is 3.25. The van der Waals surface area contributed by atoms with Gasteiger partial charge in [0, 0.05) is 18.6 Å². The molecule has 108 valence electrons. The molecule has 0 atom stereocenters. The summed E-state index contributed by atoms with van der Waals surface area (Å²) in [5.74, 6) is -0.178. The van der Waals surface area contributed by atoms with E-state index < -0.39 is 4.92 Å². The Morgan fingerprint density at radius 1 is 1.50 bits per heavy atom. The Morgan fingerprint density at radius 3 is 2.75 bits per heavy atom. The molecular formula is C12H14ClN3O3S. The fraction of sp³-hybridized carbons (Fsp3) is 0.333. The molecule has 0 aliphatic heterocycles. The Balaban J connectivity index is 2.62. The number of hydrogen-bond acceptors (Lipinski definition) is 4. The second-order valence-corrected chi connectivity index (χ2v) is 4.84. The molecule has 0 radical (unpaired) electrons. The lowest BCUT2D eigenvalue weighted by molar-refractivity contribution is -0.384. The van der Waals surface area contributed by atoms with Gasteiger partial charge in [0.05, 0.1) is 15.6 Å². The van der Waals surface area contributed by atoms with E-state index >= 15 is 0 Å². The van der Waals surface area contributed by atoms with Crippen LogP contribution in [0.25, 0.3) is 0 Å². The van der Waals surface area contributed by atoms with Crippen LogP contribution in [0.1, 0.15) is 26.2 Å². The molecule has 2 N–H and O–H groups in total. The average molecular weight is 316 g/mol. The number of carbonyl (C=O) groups is 1. The number of carbonyl (C=O) groups excluding carboxylic acids is 1. The molecule has 0 aromatic heterocycles. The van der Waals surface area contributed by atoms with Crippen LogP contribution < -0.4 is 10.6 Å². The van der Waals surface area contributed by atoms with Crippen molar-refractivity contribution >= 4 is 46.2 Å². The van der Waals surface area contributed by atoms with Gasteiger partial charge in [-0.25, -0.2) is 0 Å². The minimum absolute atomic E-state index is 0.113. The largest absolute Gasteiger partial charge is 0.331 e. The summed E-state index contributed by atoms with van der Waals surface area (Å²) in [4.78, 5) is 21.5. The van der Waals surface area contributed by atoms with E-state index in [1.807, 2.05) is 6.92 Å². The topological polar surface area (TPSA) is 84.3 Å². The maximum Gasteiger partial charge on any atom is 0.271 e. The van der Waals surface area contributed by atoms with Gasteiger partial charge in [-0.2, -0.15) is 0 Å². The van der Waals surface area contributed by atoms with Crippen molar-refractivity contribution in [1.82, 2.24) is 5.32 Å². The molecule has 0 aliphatic carbocycles. The van der Waals surface area contributed by atoms with Crippen molar-refractivity contribution in [1.29, 1.82) is 0 Å². The molecule has 1 rings (SSSR count). The molecule has 1 aromatic carbocycles. The lowest BCUT2D eigenvalue weighted by atomic mass is 10.2. The van der Waals surface area contributed by atoms with Gasteiger partial charge in [-0.05, 0) is 24.7 Å². The van der Waals surface area contributed by atoms with E-state index in [2.05, 4.69) is 10.6 Å². The van der Waals surface area contributed by atoms with E-state index in [1.165, 1.54) is 18.2 Å². The van der Waals surface area contributed by atoms with E-state index in [1.54, 1.807) is 0 Å². The zero-order valence-corrected chi connectivity index (χ0v) is 12.4. The number of halogens is 1. The van der Waals surface area contributed by atoms with Crippen molar-refractivity contribution < 1.29 is 9.72 Å². The van der Waals surface area contributed by atoms with Gasteiger partial charge in [-0.3, -0.25) is 14.9 Å². The highest BCUT2D eigenvalue weighted by molar-refractivity contribution is 7.80. The molecular weight excluding hydrogens is 302 g/mol. The van der Waals surface area contributed by atoms with Gasteiger partial charge in [0.15, 0.2) is 5.11 Å². The van der Waals surface area contributed by atoms with Crippen molar-refractivity contribution in [2.75, 3.05) is 5.32 Å². The van der Waals surface area contributed by atoms with E-state index in [9.17, 15) is 14.9 Å². The van der Waals surface area contributed by atoms with Crippen LogP contribution in [0.5, 0.6) is 0 Å². The SMILES string of the molecule is CCCCC(=O)NC(=S)Nc1ccc([N+](=O)[O-])cc1Cl. The number of hydrogen-bond donors (Lipinski definition) is 2. The summed E-state index contributed by atoms with van der Waals surface area (Å²) in [6.45, 7) is 1.99. The summed E-state index contributed by atoms with van der Waals surface area (Å²) < 4.78 is 0. The van der Waals surface area contributed by atoms with Crippen molar-refractivity contribution in [2.45, 2.75) is 26.2 Å². The van der Waals surface area contributed by atoms with Gasteiger partial charge in [-0.1, -0.05) is 24.9 Å². The lowest BCUT2D eigenvalue weighted by Crippen LogP contribution is -2.33. The first-order chi connectivity index (χ1) is 9.43. The summed E-state index contributed by atoms with van der Waals surface area (Å²) in [7, 11) is 0.